The van der Waals surface area contributed by atoms with Gasteiger partial charge in [0.25, 0.3) is 0 Å². The molecule has 0 aromatic heterocycles. The Kier molecular flexibility index (Phi) is 4.07. The van der Waals surface area contributed by atoms with Crippen molar-refractivity contribution >= 4 is 11.7 Å². The first-order valence-electron chi connectivity index (χ1n) is 7.15. The van der Waals surface area contributed by atoms with Crippen molar-refractivity contribution in [2.75, 3.05) is 5.01 Å². The second-order valence-corrected chi connectivity index (χ2v) is 4.86. The summed E-state index contributed by atoms with van der Waals surface area (Å²) in [5.74, 6) is -0.416. The van der Waals surface area contributed by atoms with Gasteiger partial charge in [0.15, 0.2) is 0 Å². The average Bonchev–Trinajstić information content (AvgIpc) is 3.04. The van der Waals surface area contributed by atoms with Crippen LogP contribution in [-0.2, 0) is 11.3 Å². The fourth-order valence-electron chi connectivity index (χ4n) is 2.10. The molecular formula is C17H17N3O2. The molecule has 0 bridgehead atoms. The number of anilines is 1. The van der Waals surface area contributed by atoms with Crippen LogP contribution < -0.4 is 10.5 Å². The second kappa shape index (κ2) is 6.32. The minimum Gasteiger partial charge on any atom is -0.319 e. The van der Waals surface area contributed by atoms with Gasteiger partial charge in [0, 0.05) is 6.20 Å². The minimum atomic E-state index is -0.416. The van der Waals surface area contributed by atoms with Crippen LogP contribution in [0.4, 0.5) is 5.69 Å². The molecule has 1 aliphatic heterocycles. The predicted octanol–water partition coefficient (Wildman–Crippen LogP) is 3.03. The lowest BCUT2D eigenvalue weighted by Crippen LogP contribution is -2.40. The Labute approximate surface area is 129 Å². The molecule has 0 spiro atoms. The third-order valence-electron chi connectivity index (χ3n) is 3.37. The highest BCUT2D eigenvalue weighted by molar-refractivity contribution is 5.89. The first-order chi connectivity index (χ1) is 10.8. The molecule has 2 aromatic rings. The Balaban J connectivity index is 1.60. The molecule has 0 atom stereocenters. The monoisotopic (exact) mass is 295 g/mol. The molecule has 1 aliphatic rings. The molecule has 22 heavy (non-hydrogen) atoms. The maximum Gasteiger partial charge on any atom is 0.365 e. The maximum absolute atomic E-state index is 12.0. The van der Waals surface area contributed by atoms with Gasteiger partial charge in [0.05, 0.1) is 17.5 Å². The van der Waals surface area contributed by atoms with Crippen molar-refractivity contribution in [3.63, 3.8) is 0 Å². The summed E-state index contributed by atoms with van der Waals surface area (Å²) in [5, 5.41) is 3.06. The average molecular weight is 295 g/mol. The van der Waals surface area contributed by atoms with Crippen LogP contribution >= 0.6 is 0 Å². The number of hydroxylamine groups is 1. The Morgan fingerprint density at radius 1 is 1.05 bits per heavy atom. The van der Waals surface area contributed by atoms with Crippen LogP contribution in [-0.4, -0.2) is 11.1 Å². The second-order valence-electron chi connectivity index (χ2n) is 4.86. The van der Waals surface area contributed by atoms with Gasteiger partial charge in [-0.2, -0.15) is 0 Å². The summed E-state index contributed by atoms with van der Waals surface area (Å²) >= 11 is 0. The van der Waals surface area contributed by atoms with E-state index < -0.39 is 5.97 Å². The summed E-state index contributed by atoms with van der Waals surface area (Å²) in [6.45, 7) is 2.12. The largest absolute Gasteiger partial charge is 0.365 e. The molecule has 1 heterocycles. The van der Waals surface area contributed by atoms with Gasteiger partial charge in [-0.1, -0.05) is 37.3 Å². The van der Waals surface area contributed by atoms with E-state index in [-0.39, 0.29) is 0 Å². The molecular weight excluding hydrogens is 278 g/mol. The van der Waals surface area contributed by atoms with Gasteiger partial charge in [0.1, 0.15) is 0 Å². The fourth-order valence-corrected chi connectivity index (χ4v) is 2.10. The van der Waals surface area contributed by atoms with Gasteiger partial charge in [0.2, 0.25) is 0 Å². The number of aryl methyl sites for hydroxylation is 1. The van der Waals surface area contributed by atoms with Crippen molar-refractivity contribution in [2.45, 2.75) is 13.3 Å². The number of hydrogen-bond acceptors (Lipinski definition) is 5. The highest BCUT2D eigenvalue weighted by Gasteiger charge is 2.18. The van der Waals surface area contributed by atoms with Crippen molar-refractivity contribution in [1.29, 1.82) is 0 Å². The number of rotatable bonds is 4. The normalized spacial score (nSPS) is 13.5. The van der Waals surface area contributed by atoms with Gasteiger partial charge < -0.3 is 4.84 Å². The fraction of sp³-hybridized carbons (Fsp3) is 0.118. The third-order valence-corrected chi connectivity index (χ3v) is 3.37. The van der Waals surface area contributed by atoms with E-state index in [1.54, 1.807) is 41.7 Å². The third kappa shape index (κ3) is 3.10. The zero-order valence-corrected chi connectivity index (χ0v) is 12.3. The Hall–Kier alpha value is -2.79. The molecule has 2 aromatic carbocycles. The number of nitrogens with zero attached hydrogens (tertiary/aromatic N) is 2. The molecule has 112 valence electrons. The van der Waals surface area contributed by atoms with E-state index >= 15 is 0 Å². The summed E-state index contributed by atoms with van der Waals surface area (Å²) in [6, 6.07) is 17.0. The van der Waals surface area contributed by atoms with Crippen LogP contribution in [0.15, 0.2) is 67.0 Å². The van der Waals surface area contributed by atoms with Gasteiger partial charge in [-0.05, 0) is 36.2 Å². The lowest BCUT2D eigenvalue weighted by atomic mass is 10.1. The molecule has 0 amide bonds. The molecule has 5 nitrogen and oxygen atoms in total. The quantitative estimate of drug-likeness (QED) is 0.939. The summed E-state index contributed by atoms with van der Waals surface area (Å²) in [6.07, 6.45) is 4.44. The Bertz CT molecular complexity index is 668. The molecule has 0 aliphatic carbocycles. The first-order valence-corrected chi connectivity index (χ1v) is 7.15. The van der Waals surface area contributed by atoms with Crippen molar-refractivity contribution in [3.05, 3.63) is 78.1 Å². The van der Waals surface area contributed by atoms with E-state index in [1.807, 2.05) is 18.2 Å². The molecule has 0 radical (unpaired) electrons. The maximum atomic E-state index is 12.0. The number of carbonyl (C=O) groups excluding carboxylic acids is 1. The van der Waals surface area contributed by atoms with Gasteiger partial charge >= 0.3 is 5.97 Å². The van der Waals surface area contributed by atoms with Crippen molar-refractivity contribution in [1.82, 2.24) is 10.7 Å². The van der Waals surface area contributed by atoms with E-state index in [2.05, 4.69) is 24.6 Å². The molecule has 0 saturated carbocycles. The van der Waals surface area contributed by atoms with Crippen molar-refractivity contribution < 1.29 is 9.63 Å². The van der Waals surface area contributed by atoms with Gasteiger partial charge in [-0.15, -0.1) is 10.7 Å². The van der Waals surface area contributed by atoms with Crippen LogP contribution in [0.3, 0.4) is 0 Å². The minimum absolute atomic E-state index is 0.416. The first kappa shape index (κ1) is 14.2. The molecule has 3 rings (SSSR count). The topological polar surface area (TPSA) is 44.8 Å². The van der Waals surface area contributed by atoms with Crippen LogP contribution in [0.2, 0.25) is 0 Å². The van der Waals surface area contributed by atoms with Crippen LogP contribution in [0.25, 0.3) is 0 Å². The molecule has 0 saturated heterocycles. The zero-order valence-electron chi connectivity index (χ0n) is 12.3. The lowest BCUT2D eigenvalue weighted by molar-refractivity contribution is -0.101. The number of hydrazine groups is 2. The van der Waals surface area contributed by atoms with Crippen LogP contribution in [0.1, 0.15) is 22.8 Å². The summed E-state index contributed by atoms with van der Waals surface area (Å²) in [7, 11) is 0. The lowest BCUT2D eigenvalue weighted by Gasteiger charge is -2.21. The zero-order chi connectivity index (χ0) is 15.4. The molecule has 0 unspecified atom stereocenters. The van der Waals surface area contributed by atoms with Crippen LogP contribution in [0.5, 0.6) is 0 Å². The van der Waals surface area contributed by atoms with E-state index in [0.29, 0.717) is 5.56 Å². The summed E-state index contributed by atoms with van der Waals surface area (Å²) < 4.78 is 0. The number of nitrogens with one attached hydrogen (secondary N) is 1. The molecule has 1 N–H and O–H groups in total. The summed E-state index contributed by atoms with van der Waals surface area (Å²) in [4.78, 5) is 17.2. The Morgan fingerprint density at radius 3 is 2.45 bits per heavy atom. The standard InChI is InChI=1S/C17H17N3O2/c1-2-14-8-10-16(11-9-14)19-12-13-20(18-19)22-17(21)15-6-4-3-5-7-15/h3-13,18H,2H2,1H3. The molecule has 0 fully saturated rings. The van der Waals surface area contributed by atoms with Gasteiger partial charge in [-0.25, -0.2) is 4.79 Å². The number of carbonyl (C=O) groups is 1. The highest BCUT2D eigenvalue weighted by atomic mass is 16.7. The summed E-state index contributed by atoms with van der Waals surface area (Å²) in [5.41, 5.74) is 5.70. The van der Waals surface area contributed by atoms with Crippen molar-refractivity contribution in [3.8, 4) is 0 Å². The van der Waals surface area contributed by atoms with E-state index in [1.165, 1.54) is 10.7 Å². The van der Waals surface area contributed by atoms with Crippen molar-refractivity contribution in [2.24, 2.45) is 0 Å². The SMILES string of the molecule is CCc1ccc(N2C=CN(OC(=O)c3ccccc3)N2)cc1. The van der Waals surface area contributed by atoms with E-state index in [0.717, 1.165) is 12.1 Å². The number of benzene rings is 2. The van der Waals surface area contributed by atoms with E-state index in [4.69, 9.17) is 4.84 Å². The Morgan fingerprint density at radius 2 is 1.77 bits per heavy atom. The van der Waals surface area contributed by atoms with Gasteiger partial charge in [-0.3, -0.25) is 5.01 Å². The van der Waals surface area contributed by atoms with Crippen LogP contribution in [0, 0.1) is 0 Å². The smallest absolute Gasteiger partial charge is 0.319 e. The highest BCUT2D eigenvalue weighted by Crippen LogP contribution is 2.17. The predicted molar refractivity (Wildman–Crippen MR) is 84.3 cm³/mol. The number of hydrogen-bond donors (Lipinski definition) is 1. The van der Waals surface area contributed by atoms with E-state index in [9.17, 15) is 4.79 Å². The molecule has 5 heteroatoms.